The van der Waals surface area contributed by atoms with E-state index < -0.39 is 11.6 Å². The molecule has 0 radical (unpaired) electrons. The summed E-state index contributed by atoms with van der Waals surface area (Å²) in [6, 6.07) is 9.94. The molecule has 0 aliphatic heterocycles. The van der Waals surface area contributed by atoms with Crippen LogP contribution in [0.25, 0.3) is 0 Å². The summed E-state index contributed by atoms with van der Waals surface area (Å²) >= 11 is 8.23. The van der Waals surface area contributed by atoms with Gasteiger partial charge in [-0.1, -0.05) is 46.8 Å². The van der Waals surface area contributed by atoms with Gasteiger partial charge in [-0.2, -0.15) is 0 Å². The number of hydrogen-bond donors (Lipinski definition) is 2. The van der Waals surface area contributed by atoms with Gasteiger partial charge in [0, 0.05) is 0 Å². The molecule has 1 aromatic heterocycles. The second-order valence-electron chi connectivity index (χ2n) is 4.94. The van der Waals surface area contributed by atoms with Crippen molar-refractivity contribution in [3.8, 4) is 0 Å². The fraction of sp³-hybridized carbons (Fsp3) is 0.0625. The van der Waals surface area contributed by atoms with Gasteiger partial charge in [-0.3, -0.25) is 4.79 Å². The minimum absolute atomic E-state index is 0.0715. The zero-order valence-corrected chi connectivity index (χ0v) is 15.4. The molecule has 0 atom stereocenters. The number of carbonyl (C=O) groups is 1. The zero-order chi connectivity index (χ0) is 18.5. The Hall–Kier alpha value is -2.23. The number of carbonyl (C=O) groups excluding carboxylic acids is 1. The second kappa shape index (κ2) is 8.43. The second-order valence-corrected chi connectivity index (χ2v) is 7.55. The van der Waals surface area contributed by atoms with Crippen molar-refractivity contribution in [2.45, 2.75) is 4.34 Å². The smallest absolute Gasteiger partial charge is 0.234 e. The molecule has 0 spiro atoms. The Labute approximate surface area is 160 Å². The van der Waals surface area contributed by atoms with Crippen molar-refractivity contribution >= 4 is 57.1 Å². The van der Waals surface area contributed by atoms with Crippen LogP contribution in [0.1, 0.15) is 0 Å². The maximum atomic E-state index is 13.6. The largest absolute Gasteiger partial charge is 0.328 e. The van der Waals surface area contributed by atoms with Crippen molar-refractivity contribution in [3.05, 3.63) is 59.1 Å². The fourth-order valence-electron chi connectivity index (χ4n) is 1.90. The number of anilines is 3. The third-order valence-electron chi connectivity index (χ3n) is 3.05. The first kappa shape index (κ1) is 18.6. The number of benzene rings is 2. The van der Waals surface area contributed by atoms with Crippen LogP contribution in [0.3, 0.4) is 0 Å². The van der Waals surface area contributed by atoms with Crippen LogP contribution in [0.15, 0.2) is 46.8 Å². The molecule has 26 heavy (non-hydrogen) atoms. The number of hydrogen-bond acceptors (Lipinski definition) is 6. The van der Waals surface area contributed by atoms with Gasteiger partial charge in [-0.25, -0.2) is 8.78 Å². The van der Waals surface area contributed by atoms with Gasteiger partial charge in [0.15, 0.2) is 4.34 Å². The first-order chi connectivity index (χ1) is 12.5. The van der Waals surface area contributed by atoms with Crippen LogP contribution < -0.4 is 10.6 Å². The Morgan fingerprint density at radius 3 is 2.73 bits per heavy atom. The van der Waals surface area contributed by atoms with Gasteiger partial charge in [-0.05, 0) is 30.3 Å². The molecule has 0 saturated heterocycles. The Kier molecular flexibility index (Phi) is 6.02. The third kappa shape index (κ3) is 4.90. The van der Waals surface area contributed by atoms with E-state index in [9.17, 15) is 13.6 Å². The van der Waals surface area contributed by atoms with Gasteiger partial charge in [0.25, 0.3) is 0 Å². The van der Waals surface area contributed by atoms with E-state index in [2.05, 4.69) is 20.8 Å². The first-order valence-electron chi connectivity index (χ1n) is 7.24. The molecule has 134 valence electrons. The molecule has 1 amide bonds. The summed E-state index contributed by atoms with van der Waals surface area (Å²) < 4.78 is 27.1. The van der Waals surface area contributed by atoms with E-state index in [1.165, 1.54) is 41.3 Å². The summed E-state index contributed by atoms with van der Waals surface area (Å²) in [4.78, 5) is 12.0. The summed E-state index contributed by atoms with van der Waals surface area (Å²) in [6.45, 7) is 0. The Balaban J connectivity index is 1.54. The lowest BCUT2D eigenvalue weighted by Crippen LogP contribution is -2.14. The predicted octanol–water partition coefficient (Wildman–Crippen LogP) is 4.94. The summed E-state index contributed by atoms with van der Waals surface area (Å²) in [6.07, 6.45) is 0. The SMILES string of the molecule is O=C(CSc1nnc(Nc2ccccc2F)s1)Nc1ccc(F)cc1Cl. The Morgan fingerprint density at radius 2 is 1.96 bits per heavy atom. The van der Waals surface area contributed by atoms with Gasteiger partial charge >= 0.3 is 0 Å². The summed E-state index contributed by atoms with van der Waals surface area (Å²) in [5.74, 6) is -1.12. The van der Waals surface area contributed by atoms with Crippen LogP contribution in [0.4, 0.5) is 25.3 Å². The molecular weight excluding hydrogens is 402 g/mol. The highest BCUT2D eigenvalue weighted by Crippen LogP contribution is 2.29. The molecule has 0 bridgehead atoms. The van der Waals surface area contributed by atoms with Gasteiger partial charge in [-0.15, -0.1) is 10.2 Å². The lowest BCUT2D eigenvalue weighted by molar-refractivity contribution is -0.113. The Morgan fingerprint density at radius 1 is 1.15 bits per heavy atom. The number of nitrogens with zero attached hydrogens (tertiary/aromatic N) is 2. The number of aromatic nitrogens is 2. The van der Waals surface area contributed by atoms with E-state index in [1.807, 2.05) is 0 Å². The fourth-order valence-corrected chi connectivity index (χ4v) is 3.68. The quantitative estimate of drug-likeness (QED) is 0.561. The van der Waals surface area contributed by atoms with Crippen LogP contribution in [0.2, 0.25) is 5.02 Å². The average Bonchev–Trinajstić information content (AvgIpc) is 3.05. The normalized spacial score (nSPS) is 10.6. The number of para-hydroxylation sites is 1. The van der Waals surface area contributed by atoms with Crippen LogP contribution >= 0.6 is 34.7 Å². The van der Waals surface area contributed by atoms with Crippen molar-refractivity contribution in [3.63, 3.8) is 0 Å². The van der Waals surface area contributed by atoms with Crippen LogP contribution in [-0.4, -0.2) is 21.9 Å². The molecule has 0 aliphatic rings. The van der Waals surface area contributed by atoms with Crippen LogP contribution in [0, 0.1) is 11.6 Å². The van der Waals surface area contributed by atoms with E-state index in [0.717, 1.165) is 6.07 Å². The lowest BCUT2D eigenvalue weighted by atomic mass is 10.3. The third-order valence-corrected chi connectivity index (χ3v) is 5.34. The highest BCUT2D eigenvalue weighted by molar-refractivity contribution is 8.01. The van der Waals surface area contributed by atoms with E-state index in [4.69, 9.17) is 11.6 Å². The average molecular weight is 413 g/mol. The number of rotatable bonds is 6. The summed E-state index contributed by atoms with van der Waals surface area (Å²) in [5.41, 5.74) is 0.627. The van der Waals surface area contributed by atoms with Crippen molar-refractivity contribution in [2.75, 3.05) is 16.4 Å². The number of nitrogens with one attached hydrogen (secondary N) is 2. The Bertz CT molecular complexity index is 938. The monoisotopic (exact) mass is 412 g/mol. The zero-order valence-electron chi connectivity index (χ0n) is 13.0. The molecule has 2 N–H and O–H groups in total. The first-order valence-corrected chi connectivity index (χ1v) is 9.42. The van der Waals surface area contributed by atoms with E-state index >= 15 is 0 Å². The molecule has 3 rings (SSSR count). The highest BCUT2D eigenvalue weighted by Gasteiger charge is 2.11. The van der Waals surface area contributed by atoms with Crippen molar-refractivity contribution < 1.29 is 13.6 Å². The highest BCUT2D eigenvalue weighted by atomic mass is 35.5. The van der Waals surface area contributed by atoms with Gasteiger partial charge in [0.05, 0.1) is 22.2 Å². The minimum atomic E-state index is -0.480. The molecule has 0 fully saturated rings. The van der Waals surface area contributed by atoms with Gasteiger partial charge < -0.3 is 10.6 Å². The van der Waals surface area contributed by atoms with Crippen LogP contribution in [0.5, 0.6) is 0 Å². The van der Waals surface area contributed by atoms with E-state index in [1.54, 1.807) is 18.2 Å². The molecule has 10 heteroatoms. The minimum Gasteiger partial charge on any atom is -0.328 e. The van der Waals surface area contributed by atoms with Crippen molar-refractivity contribution in [1.29, 1.82) is 0 Å². The van der Waals surface area contributed by atoms with Gasteiger partial charge in [0.2, 0.25) is 11.0 Å². The lowest BCUT2D eigenvalue weighted by Gasteiger charge is -2.06. The van der Waals surface area contributed by atoms with Gasteiger partial charge in [0.1, 0.15) is 11.6 Å². The molecule has 0 saturated carbocycles. The standard InChI is InChI=1S/C16H11ClF2N4OS2/c17-10-7-9(18)5-6-12(10)20-14(24)8-25-16-23-22-15(26-16)21-13-4-2-1-3-11(13)19/h1-7H,8H2,(H,20,24)(H,21,22). The summed E-state index contributed by atoms with van der Waals surface area (Å²) in [7, 11) is 0. The molecule has 0 unspecified atom stereocenters. The topological polar surface area (TPSA) is 66.9 Å². The maximum absolute atomic E-state index is 13.6. The molecule has 3 aromatic rings. The van der Waals surface area contributed by atoms with Crippen molar-refractivity contribution in [2.24, 2.45) is 0 Å². The number of halogens is 3. The molecule has 2 aromatic carbocycles. The molecule has 0 aliphatic carbocycles. The van der Waals surface area contributed by atoms with E-state index in [-0.39, 0.29) is 16.7 Å². The molecule has 1 heterocycles. The maximum Gasteiger partial charge on any atom is 0.234 e. The summed E-state index contributed by atoms with van der Waals surface area (Å²) in [5, 5.41) is 13.8. The number of thioether (sulfide) groups is 1. The molecule has 5 nitrogen and oxygen atoms in total. The van der Waals surface area contributed by atoms with E-state index in [0.29, 0.717) is 20.8 Å². The van der Waals surface area contributed by atoms with Crippen LogP contribution in [-0.2, 0) is 4.79 Å². The predicted molar refractivity (Wildman–Crippen MR) is 100 cm³/mol. The molecular formula is C16H11ClF2N4OS2. The van der Waals surface area contributed by atoms with Crippen molar-refractivity contribution in [1.82, 2.24) is 10.2 Å². The number of amides is 1.